The Hall–Kier alpha value is -2.16. The van der Waals surface area contributed by atoms with Crippen molar-refractivity contribution in [3.8, 4) is 0 Å². The van der Waals surface area contributed by atoms with Crippen LogP contribution >= 0.6 is 0 Å². The molecule has 0 radical (unpaired) electrons. The summed E-state index contributed by atoms with van der Waals surface area (Å²) in [5, 5.41) is 7.09. The van der Waals surface area contributed by atoms with Crippen molar-refractivity contribution in [2.45, 2.75) is 75.5 Å². The monoisotopic (exact) mass is 494 g/mol. The van der Waals surface area contributed by atoms with Crippen LogP contribution in [-0.4, -0.2) is 78.6 Å². The number of nitrogens with one attached hydrogen (secondary N) is 2. The molecule has 1 aliphatic carbocycles. The highest BCUT2D eigenvalue weighted by atomic mass is 16.2. The van der Waals surface area contributed by atoms with E-state index in [9.17, 15) is 9.59 Å². The van der Waals surface area contributed by atoms with Crippen molar-refractivity contribution >= 4 is 23.2 Å². The highest BCUT2D eigenvalue weighted by Crippen LogP contribution is 2.40. The zero-order valence-electron chi connectivity index (χ0n) is 21.5. The van der Waals surface area contributed by atoms with Gasteiger partial charge in [0.25, 0.3) is 5.91 Å². The highest BCUT2D eigenvalue weighted by Gasteiger charge is 2.48. The molecule has 2 amide bonds. The van der Waals surface area contributed by atoms with Crippen LogP contribution in [0.4, 0.5) is 11.4 Å². The van der Waals surface area contributed by atoms with E-state index in [2.05, 4.69) is 37.5 Å². The lowest BCUT2D eigenvalue weighted by Gasteiger charge is -2.49. The van der Waals surface area contributed by atoms with Crippen LogP contribution in [0.1, 0.15) is 57.8 Å². The minimum absolute atomic E-state index is 0.141. The number of hydrogen-bond acceptors (Lipinski definition) is 6. The van der Waals surface area contributed by atoms with Gasteiger partial charge in [0.2, 0.25) is 5.91 Å². The van der Waals surface area contributed by atoms with E-state index >= 15 is 0 Å². The second-order valence-corrected chi connectivity index (χ2v) is 11.8. The van der Waals surface area contributed by atoms with Crippen molar-refractivity contribution < 1.29 is 9.59 Å². The maximum absolute atomic E-state index is 14.1. The normalized spacial score (nSPS) is 31.8. The summed E-state index contributed by atoms with van der Waals surface area (Å²) in [5.41, 5.74) is 7.61. The van der Waals surface area contributed by atoms with Crippen LogP contribution in [-0.2, 0) is 9.59 Å². The van der Waals surface area contributed by atoms with Crippen molar-refractivity contribution in [3.05, 3.63) is 24.3 Å². The number of piperidine rings is 1. The average molecular weight is 495 g/mol. The Kier molecular flexibility index (Phi) is 6.69. The molecule has 8 heteroatoms. The van der Waals surface area contributed by atoms with Crippen molar-refractivity contribution in [1.82, 2.24) is 15.1 Å². The van der Waals surface area contributed by atoms with E-state index in [0.29, 0.717) is 11.8 Å². The van der Waals surface area contributed by atoms with E-state index in [1.807, 2.05) is 12.1 Å². The van der Waals surface area contributed by atoms with Crippen LogP contribution in [0.5, 0.6) is 0 Å². The fourth-order valence-corrected chi connectivity index (χ4v) is 7.75. The third kappa shape index (κ3) is 4.21. The molecule has 3 saturated heterocycles. The first-order valence-corrected chi connectivity index (χ1v) is 14.3. The summed E-state index contributed by atoms with van der Waals surface area (Å²) >= 11 is 0. The van der Waals surface area contributed by atoms with Gasteiger partial charge in [-0.05, 0) is 62.7 Å². The van der Waals surface area contributed by atoms with Gasteiger partial charge in [-0.2, -0.15) is 0 Å². The second kappa shape index (κ2) is 9.95. The van der Waals surface area contributed by atoms with Crippen molar-refractivity contribution in [3.63, 3.8) is 0 Å². The zero-order chi connectivity index (χ0) is 24.7. The van der Waals surface area contributed by atoms with Gasteiger partial charge in [0.1, 0.15) is 5.54 Å². The predicted octanol–water partition coefficient (Wildman–Crippen LogP) is 2.36. The number of fused-ring (bicyclic) bond motifs is 2. The number of nitrogens with two attached hydrogens (primary N) is 1. The summed E-state index contributed by atoms with van der Waals surface area (Å²) in [5.74, 6) is 1.31. The van der Waals surface area contributed by atoms with E-state index in [-0.39, 0.29) is 24.0 Å². The molecule has 8 nitrogen and oxygen atoms in total. The number of rotatable bonds is 4. The molecule has 4 aliphatic heterocycles. The van der Waals surface area contributed by atoms with Gasteiger partial charge in [0.05, 0.1) is 11.4 Å². The van der Waals surface area contributed by atoms with Crippen LogP contribution in [0.2, 0.25) is 0 Å². The Morgan fingerprint density at radius 2 is 1.58 bits per heavy atom. The molecule has 1 aromatic rings. The molecule has 0 spiro atoms. The largest absolute Gasteiger partial charge is 0.368 e. The second-order valence-electron chi connectivity index (χ2n) is 11.8. The Morgan fingerprint density at radius 3 is 2.25 bits per heavy atom. The van der Waals surface area contributed by atoms with Crippen LogP contribution in [0.25, 0.3) is 0 Å². The molecule has 4 fully saturated rings. The summed E-state index contributed by atoms with van der Waals surface area (Å²) in [6, 6.07) is 8.39. The molecule has 4 N–H and O–H groups in total. The summed E-state index contributed by atoms with van der Waals surface area (Å²) in [6.07, 6.45) is 8.97. The number of likely N-dealkylation sites (tertiary alicyclic amines) is 2. The van der Waals surface area contributed by atoms with Gasteiger partial charge in [-0.15, -0.1) is 0 Å². The third-order valence-corrected chi connectivity index (χ3v) is 9.78. The van der Waals surface area contributed by atoms with E-state index < -0.39 is 5.54 Å². The van der Waals surface area contributed by atoms with Crippen molar-refractivity contribution in [2.24, 2.45) is 17.6 Å². The molecule has 1 saturated carbocycles. The number of carbonyl (C=O) groups is 2. The van der Waals surface area contributed by atoms with E-state index in [1.54, 1.807) is 0 Å². The molecule has 36 heavy (non-hydrogen) atoms. The number of benzene rings is 1. The molecule has 4 heterocycles. The molecular formula is C28H42N6O2. The maximum Gasteiger partial charge on any atom is 0.265 e. The van der Waals surface area contributed by atoms with E-state index in [4.69, 9.17) is 5.73 Å². The third-order valence-electron chi connectivity index (χ3n) is 9.78. The molecule has 0 bridgehead atoms. The summed E-state index contributed by atoms with van der Waals surface area (Å²) in [7, 11) is 0. The Labute approximate surface area is 214 Å². The number of para-hydroxylation sites is 2. The molecule has 196 valence electrons. The molecule has 0 aromatic heterocycles. The molecule has 3 unspecified atom stereocenters. The quantitative estimate of drug-likeness (QED) is 0.595. The van der Waals surface area contributed by atoms with Crippen LogP contribution in [0.15, 0.2) is 24.3 Å². The SMILES string of the molecule is NC(=O)C1(N2CCC(N3C(=O)C(N4CC5CNCC5C4)Nc4ccccc43)CC2)CCCCCCC1. The standard InChI is InChI=1S/C28H42N6O2/c29-27(36)28(12-6-2-1-3-7-13-28)33-14-10-22(11-15-33)34-24-9-5-4-8-23(24)31-25(26(34)35)32-18-20-16-30-17-21(20)19-32/h4-5,8-9,20-22,25,30-31H,1-3,6-7,10-19H2,(H2,29,36). The molecule has 5 aliphatic rings. The van der Waals surface area contributed by atoms with Crippen LogP contribution < -0.4 is 21.3 Å². The lowest BCUT2D eigenvalue weighted by atomic mass is 9.80. The minimum Gasteiger partial charge on any atom is -0.368 e. The number of amides is 2. The Balaban J connectivity index is 1.20. The van der Waals surface area contributed by atoms with Crippen LogP contribution in [0.3, 0.4) is 0 Å². The number of primary amides is 1. The molecular weight excluding hydrogens is 452 g/mol. The number of hydrogen-bond donors (Lipinski definition) is 3. The van der Waals surface area contributed by atoms with Gasteiger partial charge in [-0.1, -0.05) is 44.2 Å². The van der Waals surface area contributed by atoms with Gasteiger partial charge < -0.3 is 21.3 Å². The molecule has 6 rings (SSSR count). The van der Waals surface area contributed by atoms with E-state index in [0.717, 1.165) is 89.2 Å². The van der Waals surface area contributed by atoms with Crippen LogP contribution in [0, 0.1) is 11.8 Å². The minimum atomic E-state index is -0.513. The lowest BCUT2D eigenvalue weighted by Crippen LogP contribution is -2.63. The number of nitrogens with zero attached hydrogens (tertiary/aromatic N) is 3. The smallest absolute Gasteiger partial charge is 0.265 e. The number of carbonyl (C=O) groups excluding carboxylic acids is 2. The van der Waals surface area contributed by atoms with Gasteiger partial charge in [0.15, 0.2) is 6.17 Å². The maximum atomic E-state index is 14.1. The average Bonchev–Trinajstić information content (AvgIpc) is 3.47. The highest BCUT2D eigenvalue weighted by molar-refractivity contribution is 6.05. The van der Waals surface area contributed by atoms with Crippen molar-refractivity contribution in [1.29, 1.82) is 0 Å². The van der Waals surface area contributed by atoms with Gasteiger partial charge in [-0.25, -0.2) is 0 Å². The van der Waals surface area contributed by atoms with E-state index in [1.165, 1.54) is 19.3 Å². The topological polar surface area (TPSA) is 93.9 Å². The predicted molar refractivity (Wildman–Crippen MR) is 142 cm³/mol. The Morgan fingerprint density at radius 1 is 0.944 bits per heavy atom. The first-order chi connectivity index (χ1) is 17.6. The summed E-state index contributed by atoms with van der Waals surface area (Å²) in [4.78, 5) is 33.7. The number of anilines is 2. The fraction of sp³-hybridized carbons (Fsp3) is 0.714. The molecule has 1 aromatic carbocycles. The fourth-order valence-electron chi connectivity index (χ4n) is 7.75. The first-order valence-electron chi connectivity index (χ1n) is 14.3. The molecule has 3 atom stereocenters. The summed E-state index contributed by atoms with van der Waals surface area (Å²) < 4.78 is 0. The van der Waals surface area contributed by atoms with Gasteiger partial charge in [0, 0.05) is 32.2 Å². The van der Waals surface area contributed by atoms with Crippen molar-refractivity contribution in [2.75, 3.05) is 49.5 Å². The summed E-state index contributed by atoms with van der Waals surface area (Å²) in [6.45, 7) is 5.69. The van der Waals surface area contributed by atoms with Gasteiger partial charge >= 0.3 is 0 Å². The first kappa shape index (κ1) is 24.2. The zero-order valence-corrected chi connectivity index (χ0v) is 21.5. The Bertz CT molecular complexity index is 957. The lowest BCUT2D eigenvalue weighted by molar-refractivity contribution is -0.133. The van der Waals surface area contributed by atoms with Gasteiger partial charge in [-0.3, -0.25) is 19.4 Å².